The van der Waals surface area contributed by atoms with Crippen molar-refractivity contribution in [2.75, 3.05) is 5.32 Å². The summed E-state index contributed by atoms with van der Waals surface area (Å²) in [5.41, 5.74) is 3.57. The van der Waals surface area contributed by atoms with Crippen molar-refractivity contribution in [3.63, 3.8) is 0 Å². The summed E-state index contributed by atoms with van der Waals surface area (Å²) in [6, 6.07) is 4.50. The topological polar surface area (TPSA) is 88.2 Å². The van der Waals surface area contributed by atoms with Crippen molar-refractivity contribution in [1.29, 1.82) is 0 Å². The van der Waals surface area contributed by atoms with E-state index >= 15 is 0 Å². The van der Waals surface area contributed by atoms with Gasteiger partial charge in [-0.2, -0.15) is 13.2 Å². The Labute approximate surface area is 100 Å². The number of pyridine rings is 1. The second-order valence-corrected chi connectivity index (χ2v) is 3.33. The molecule has 0 aromatic carbocycles. The number of nitrogens with zero attached hydrogens (tertiary/aromatic N) is 1. The van der Waals surface area contributed by atoms with Crippen molar-refractivity contribution in [2.45, 2.75) is 12.6 Å². The second kappa shape index (κ2) is 5.39. The lowest BCUT2D eigenvalue weighted by Crippen LogP contribution is -2.22. The van der Waals surface area contributed by atoms with Gasteiger partial charge in [0.2, 0.25) is 0 Å². The predicted octanol–water partition coefficient (Wildman–Crippen LogP) is 1.70. The maximum Gasteiger partial charge on any atom is 0.394 e. The smallest absolute Gasteiger partial charge is 0.394 e. The maximum absolute atomic E-state index is 12.3. The Bertz CT molecular complexity index is 457. The molecule has 0 radical (unpaired) electrons. The minimum atomic E-state index is -4.57. The van der Waals surface area contributed by atoms with Gasteiger partial charge in [-0.25, -0.2) is 9.78 Å². The van der Waals surface area contributed by atoms with Gasteiger partial charge in [-0.15, -0.1) is 0 Å². The second-order valence-electron chi connectivity index (χ2n) is 3.33. The number of carbonyl (C=O) groups is 1. The van der Waals surface area contributed by atoms with Crippen molar-refractivity contribution in [3.8, 4) is 0 Å². The molecular formula is C10H10F3N3O2. The molecule has 0 bridgehead atoms. The van der Waals surface area contributed by atoms with Crippen molar-refractivity contribution >= 4 is 11.8 Å². The average molecular weight is 261 g/mol. The summed E-state index contributed by atoms with van der Waals surface area (Å²) in [5.74, 6) is -1.54. The molecule has 0 unspecified atom stereocenters. The fourth-order valence-electron chi connectivity index (χ4n) is 1.13. The van der Waals surface area contributed by atoms with E-state index in [-0.39, 0.29) is 5.82 Å². The Hall–Kier alpha value is -2.25. The fraction of sp³-hybridized carbons (Fsp3) is 0.200. The van der Waals surface area contributed by atoms with E-state index in [0.29, 0.717) is 0 Å². The number of alkyl halides is 3. The first kappa shape index (κ1) is 13.8. The van der Waals surface area contributed by atoms with Crippen molar-refractivity contribution in [1.82, 2.24) is 4.98 Å². The standard InChI is InChI=1S/C10H10F3N3O2/c11-10(12,13)5-6(8(14)9(17)18)16-7-3-1-2-4-15-7/h1-4H,5,14H2,(H,15,16)(H,17,18)/b8-6-. The van der Waals surface area contributed by atoms with E-state index in [2.05, 4.69) is 10.3 Å². The van der Waals surface area contributed by atoms with Crippen molar-refractivity contribution < 1.29 is 23.1 Å². The summed E-state index contributed by atoms with van der Waals surface area (Å²) in [5, 5.41) is 10.9. The van der Waals surface area contributed by atoms with E-state index in [4.69, 9.17) is 10.8 Å². The Morgan fingerprint density at radius 2 is 2.11 bits per heavy atom. The third kappa shape index (κ3) is 4.32. The van der Waals surface area contributed by atoms with Crippen LogP contribution in [0.5, 0.6) is 0 Å². The minimum absolute atomic E-state index is 0.0842. The number of allylic oxidation sites excluding steroid dienone is 1. The number of hydrogen-bond acceptors (Lipinski definition) is 4. The summed E-state index contributed by atoms with van der Waals surface area (Å²) in [7, 11) is 0. The highest BCUT2D eigenvalue weighted by atomic mass is 19.4. The van der Waals surface area contributed by atoms with Gasteiger partial charge in [0.05, 0.1) is 12.1 Å². The first-order valence-corrected chi connectivity index (χ1v) is 4.76. The Morgan fingerprint density at radius 1 is 1.44 bits per heavy atom. The molecule has 0 saturated carbocycles. The number of rotatable bonds is 4. The zero-order chi connectivity index (χ0) is 13.8. The number of aromatic nitrogens is 1. The molecule has 0 aliphatic heterocycles. The van der Waals surface area contributed by atoms with Gasteiger partial charge in [-0.3, -0.25) is 0 Å². The van der Waals surface area contributed by atoms with Crippen LogP contribution in [0.15, 0.2) is 35.8 Å². The van der Waals surface area contributed by atoms with E-state index in [1.165, 1.54) is 18.3 Å². The molecule has 0 atom stereocenters. The number of carboxylic acid groups (broad SMARTS) is 1. The number of carboxylic acids is 1. The molecule has 0 aliphatic carbocycles. The Kier molecular flexibility index (Phi) is 4.13. The van der Waals surface area contributed by atoms with E-state index in [0.717, 1.165) is 0 Å². The van der Waals surface area contributed by atoms with Crippen LogP contribution in [0.2, 0.25) is 0 Å². The van der Waals surface area contributed by atoms with Crippen LogP contribution < -0.4 is 11.1 Å². The monoisotopic (exact) mass is 261 g/mol. The SMILES string of the molecule is N/C(C(=O)O)=C(/CC(F)(F)F)Nc1ccccn1. The van der Waals surface area contributed by atoms with Crippen LogP contribution in [0, 0.1) is 0 Å². The molecular weight excluding hydrogens is 251 g/mol. The van der Waals surface area contributed by atoms with Gasteiger partial charge in [0.1, 0.15) is 11.5 Å². The zero-order valence-corrected chi connectivity index (χ0v) is 9.03. The number of anilines is 1. The van der Waals surface area contributed by atoms with E-state index in [9.17, 15) is 18.0 Å². The fourth-order valence-corrected chi connectivity index (χ4v) is 1.13. The Balaban J connectivity index is 3.00. The van der Waals surface area contributed by atoms with E-state index in [1.807, 2.05) is 0 Å². The van der Waals surface area contributed by atoms with Crippen LogP contribution in [0.4, 0.5) is 19.0 Å². The van der Waals surface area contributed by atoms with Crippen LogP contribution in [0.25, 0.3) is 0 Å². The summed E-state index contributed by atoms with van der Waals surface area (Å²) in [6.07, 6.45) is -4.69. The first-order chi connectivity index (χ1) is 8.29. The van der Waals surface area contributed by atoms with Gasteiger partial charge in [-0.05, 0) is 12.1 Å². The quantitative estimate of drug-likeness (QED) is 0.718. The predicted molar refractivity (Wildman–Crippen MR) is 57.4 cm³/mol. The molecule has 1 rings (SSSR count). The highest BCUT2D eigenvalue weighted by molar-refractivity contribution is 5.87. The first-order valence-electron chi connectivity index (χ1n) is 4.76. The van der Waals surface area contributed by atoms with Crippen molar-refractivity contribution in [2.24, 2.45) is 5.73 Å². The Morgan fingerprint density at radius 3 is 2.56 bits per heavy atom. The molecule has 0 spiro atoms. The molecule has 98 valence electrons. The lowest BCUT2D eigenvalue weighted by molar-refractivity contribution is -0.133. The normalized spacial score (nSPS) is 12.8. The van der Waals surface area contributed by atoms with Crippen LogP contribution in [-0.4, -0.2) is 22.2 Å². The number of aliphatic carboxylic acids is 1. The number of halogens is 3. The molecule has 8 heteroatoms. The van der Waals surface area contributed by atoms with Gasteiger partial charge in [-0.1, -0.05) is 6.07 Å². The van der Waals surface area contributed by atoms with Gasteiger partial charge < -0.3 is 16.2 Å². The summed E-state index contributed by atoms with van der Waals surface area (Å²) >= 11 is 0. The molecule has 18 heavy (non-hydrogen) atoms. The molecule has 0 saturated heterocycles. The third-order valence-electron chi connectivity index (χ3n) is 1.88. The van der Waals surface area contributed by atoms with Crippen LogP contribution in [0.1, 0.15) is 6.42 Å². The van der Waals surface area contributed by atoms with Gasteiger partial charge in [0.25, 0.3) is 0 Å². The van der Waals surface area contributed by atoms with Gasteiger partial charge in [0.15, 0.2) is 0 Å². The molecule has 4 N–H and O–H groups in total. The largest absolute Gasteiger partial charge is 0.477 e. The number of nitrogens with two attached hydrogens (primary N) is 1. The zero-order valence-electron chi connectivity index (χ0n) is 9.03. The summed E-state index contributed by atoms with van der Waals surface area (Å²) < 4.78 is 36.9. The third-order valence-corrected chi connectivity index (χ3v) is 1.88. The molecule has 5 nitrogen and oxygen atoms in total. The van der Waals surface area contributed by atoms with Gasteiger partial charge in [0, 0.05) is 6.20 Å². The lowest BCUT2D eigenvalue weighted by Gasteiger charge is -2.14. The van der Waals surface area contributed by atoms with Crippen LogP contribution >= 0.6 is 0 Å². The average Bonchev–Trinajstić information content (AvgIpc) is 2.26. The van der Waals surface area contributed by atoms with Gasteiger partial charge >= 0.3 is 12.1 Å². The molecule has 0 aliphatic rings. The van der Waals surface area contributed by atoms with E-state index in [1.54, 1.807) is 6.07 Å². The molecule has 1 aromatic rings. The molecule has 0 amide bonds. The summed E-state index contributed by atoms with van der Waals surface area (Å²) in [6.45, 7) is 0. The molecule has 1 heterocycles. The lowest BCUT2D eigenvalue weighted by atomic mass is 10.2. The minimum Gasteiger partial charge on any atom is -0.477 e. The van der Waals surface area contributed by atoms with Crippen LogP contribution in [0.3, 0.4) is 0 Å². The molecule has 0 fully saturated rings. The van der Waals surface area contributed by atoms with E-state index < -0.39 is 30.0 Å². The highest BCUT2D eigenvalue weighted by Gasteiger charge is 2.31. The summed E-state index contributed by atoms with van der Waals surface area (Å²) in [4.78, 5) is 14.3. The number of nitrogens with one attached hydrogen (secondary N) is 1. The maximum atomic E-state index is 12.3. The highest BCUT2D eigenvalue weighted by Crippen LogP contribution is 2.26. The van der Waals surface area contributed by atoms with Crippen molar-refractivity contribution in [3.05, 3.63) is 35.8 Å². The number of hydrogen-bond donors (Lipinski definition) is 3. The molecule has 1 aromatic heterocycles. The van der Waals surface area contributed by atoms with Crippen LogP contribution in [-0.2, 0) is 4.79 Å².